The van der Waals surface area contributed by atoms with Crippen molar-refractivity contribution in [1.82, 2.24) is 29.9 Å². The van der Waals surface area contributed by atoms with E-state index in [1.807, 2.05) is 35.3 Å². The molecule has 3 rings (SSSR count). The molecular weight excluding hydrogens is 276 g/mol. The van der Waals surface area contributed by atoms with Crippen LogP contribution in [-0.4, -0.2) is 30.6 Å². The van der Waals surface area contributed by atoms with Crippen molar-refractivity contribution in [2.24, 2.45) is 0 Å². The summed E-state index contributed by atoms with van der Waals surface area (Å²) in [7, 11) is 0. The molecule has 0 fully saturated rings. The Labute approximate surface area is 129 Å². The number of nitrogens with one attached hydrogen (secondary N) is 1. The van der Waals surface area contributed by atoms with Gasteiger partial charge in [-0.15, -0.1) is 0 Å². The lowest BCUT2D eigenvalue weighted by Gasteiger charge is -2.22. The third kappa shape index (κ3) is 3.23. The van der Waals surface area contributed by atoms with Gasteiger partial charge in [-0.1, -0.05) is 12.1 Å². The lowest BCUT2D eigenvalue weighted by atomic mass is 10.1. The Morgan fingerprint density at radius 1 is 1.14 bits per heavy atom. The van der Waals surface area contributed by atoms with Crippen LogP contribution in [0.5, 0.6) is 0 Å². The summed E-state index contributed by atoms with van der Waals surface area (Å²) < 4.78 is 3.73. The number of hydrogen-bond donors (Lipinski definition) is 1. The summed E-state index contributed by atoms with van der Waals surface area (Å²) in [6, 6.07) is 10.9. The summed E-state index contributed by atoms with van der Waals surface area (Å²) in [6.07, 6.45) is 7.04. The van der Waals surface area contributed by atoms with Gasteiger partial charge in [0.1, 0.15) is 12.7 Å². The average Bonchev–Trinajstić information content (AvgIpc) is 3.25. The van der Waals surface area contributed by atoms with Gasteiger partial charge in [-0.2, -0.15) is 10.2 Å². The molecule has 0 saturated carbocycles. The molecule has 0 aliphatic carbocycles. The Morgan fingerprint density at radius 2 is 1.95 bits per heavy atom. The van der Waals surface area contributed by atoms with Crippen molar-refractivity contribution in [2.45, 2.75) is 32.5 Å². The molecule has 0 aliphatic heterocycles. The Bertz CT molecular complexity index is 672. The van der Waals surface area contributed by atoms with Crippen LogP contribution in [0.2, 0.25) is 0 Å². The molecule has 0 saturated heterocycles. The molecule has 6 heteroatoms. The van der Waals surface area contributed by atoms with E-state index in [4.69, 9.17) is 0 Å². The molecule has 0 amide bonds. The van der Waals surface area contributed by atoms with Gasteiger partial charge in [-0.3, -0.25) is 4.68 Å². The van der Waals surface area contributed by atoms with E-state index in [0.29, 0.717) is 12.1 Å². The third-order valence-electron chi connectivity index (χ3n) is 3.91. The van der Waals surface area contributed by atoms with Gasteiger partial charge in [0.2, 0.25) is 0 Å². The SMILES string of the molecule is C[C@H]([C@@H](C)NCc1ccc(-n2cncn2)cc1)n1cccn1. The second-order valence-electron chi connectivity index (χ2n) is 5.40. The van der Waals surface area contributed by atoms with E-state index in [0.717, 1.165) is 12.2 Å². The molecule has 6 nitrogen and oxygen atoms in total. The van der Waals surface area contributed by atoms with Crippen LogP contribution < -0.4 is 5.32 Å². The van der Waals surface area contributed by atoms with Crippen molar-refractivity contribution < 1.29 is 0 Å². The molecule has 2 atom stereocenters. The van der Waals surface area contributed by atoms with Crippen LogP contribution in [0, 0.1) is 0 Å². The first-order valence-electron chi connectivity index (χ1n) is 7.40. The van der Waals surface area contributed by atoms with Crippen LogP contribution in [0.25, 0.3) is 5.69 Å². The van der Waals surface area contributed by atoms with Gasteiger partial charge in [0, 0.05) is 25.0 Å². The maximum atomic E-state index is 4.29. The van der Waals surface area contributed by atoms with Crippen molar-refractivity contribution in [3.8, 4) is 5.69 Å². The summed E-state index contributed by atoms with van der Waals surface area (Å²) in [4.78, 5) is 3.96. The van der Waals surface area contributed by atoms with Crippen LogP contribution >= 0.6 is 0 Å². The molecule has 3 aromatic rings. The van der Waals surface area contributed by atoms with E-state index in [-0.39, 0.29) is 0 Å². The number of hydrogen-bond acceptors (Lipinski definition) is 4. The average molecular weight is 296 g/mol. The number of nitrogens with zero attached hydrogens (tertiary/aromatic N) is 5. The van der Waals surface area contributed by atoms with Crippen molar-refractivity contribution in [1.29, 1.82) is 0 Å². The molecule has 114 valence electrons. The van der Waals surface area contributed by atoms with Crippen LogP contribution in [0.4, 0.5) is 0 Å². The first-order valence-corrected chi connectivity index (χ1v) is 7.40. The zero-order valence-electron chi connectivity index (χ0n) is 12.8. The molecule has 0 radical (unpaired) electrons. The van der Waals surface area contributed by atoms with Gasteiger partial charge in [0.05, 0.1) is 11.7 Å². The number of aromatic nitrogens is 5. The molecule has 0 bridgehead atoms. The van der Waals surface area contributed by atoms with Crippen molar-refractivity contribution in [3.63, 3.8) is 0 Å². The van der Waals surface area contributed by atoms with Gasteiger partial charge < -0.3 is 5.32 Å². The van der Waals surface area contributed by atoms with Crippen LogP contribution in [0.1, 0.15) is 25.5 Å². The lowest BCUT2D eigenvalue weighted by Crippen LogP contribution is -2.33. The highest BCUT2D eigenvalue weighted by molar-refractivity contribution is 5.33. The summed E-state index contributed by atoms with van der Waals surface area (Å²) in [5.41, 5.74) is 2.25. The van der Waals surface area contributed by atoms with Crippen molar-refractivity contribution in [2.75, 3.05) is 0 Å². The second kappa shape index (κ2) is 6.53. The normalized spacial score (nSPS) is 13.9. The van der Waals surface area contributed by atoms with E-state index in [1.54, 1.807) is 11.0 Å². The maximum absolute atomic E-state index is 4.29. The monoisotopic (exact) mass is 296 g/mol. The molecule has 0 aliphatic rings. The Balaban J connectivity index is 1.57. The molecule has 0 unspecified atom stereocenters. The highest BCUT2D eigenvalue weighted by Crippen LogP contribution is 2.11. The predicted molar refractivity (Wildman–Crippen MR) is 84.6 cm³/mol. The molecule has 2 heterocycles. The van der Waals surface area contributed by atoms with Crippen LogP contribution in [0.3, 0.4) is 0 Å². The Hall–Kier alpha value is -2.47. The molecule has 22 heavy (non-hydrogen) atoms. The Kier molecular flexibility index (Phi) is 4.29. The fourth-order valence-corrected chi connectivity index (χ4v) is 2.31. The quantitative estimate of drug-likeness (QED) is 0.757. The van der Waals surface area contributed by atoms with Crippen LogP contribution in [0.15, 0.2) is 55.4 Å². The van der Waals surface area contributed by atoms with E-state index in [9.17, 15) is 0 Å². The molecule has 0 spiro atoms. The van der Waals surface area contributed by atoms with Gasteiger partial charge in [0.25, 0.3) is 0 Å². The van der Waals surface area contributed by atoms with Gasteiger partial charge in [-0.25, -0.2) is 9.67 Å². The fourth-order valence-electron chi connectivity index (χ4n) is 2.31. The van der Waals surface area contributed by atoms with Gasteiger partial charge in [0.15, 0.2) is 0 Å². The van der Waals surface area contributed by atoms with E-state index < -0.39 is 0 Å². The summed E-state index contributed by atoms with van der Waals surface area (Å²) >= 11 is 0. The minimum absolute atomic E-state index is 0.310. The van der Waals surface area contributed by atoms with Gasteiger partial charge in [-0.05, 0) is 37.6 Å². The molecule has 2 aromatic heterocycles. The molecule has 1 N–H and O–H groups in total. The maximum Gasteiger partial charge on any atom is 0.138 e. The summed E-state index contributed by atoms with van der Waals surface area (Å²) in [6.45, 7) is 5.17. The topological polar surface area (TPSA) is 60.6 Å². The zero-order valence-corrected chi connectivity index (χ0v) is 12.8. The smallest absolute Gasteiger partial charge is 0.138 e. The molecule has 1 aromatic carbocycles. The first-order chi connectivity index (χ1) is 10.7. The number of benzene rings is 1. The van der Waals surface area contributed by atoms with Crippen molar-refractivity contribution >= 4 is 0 Å². The fraction of sp³-hybridized carbons (Fsp3) is 0.312. The third-order valence-corrected chi connectivity index (χ3v) is 3.91. The highest BCUT2D eigenvalue weighted by atomic mass is 15.3. The number of rotatable bonds is 6. The van der Waals surface area contributed by atoms with E-state index in [2.05, 4.69) is 46.5 Å². The largest absolute Gasteiger partial charge is 0.308 e. The minimum Gasteiger partial charge on any atom is -0.308 e. The Morgan fingerprint density at radius 3 is 2.59 bits per heavy atom. The van der Waals surface area contributed by atoms with Gasteiger partial charge >= 0.3 is 0 Å². The van der Waals surface area contributed by atoms with E-state index >= 15 is 0 Å². The highest BCUT2D eigenvalue weighted by Gasteiger charge is 2.13. The standard InChI is InChI=1S/C16H20N6/c1-13(14(2)21-9-3-8-19-21)18-10-15-4-6-16(7-5-15)22-12-17-11-20-22/h3-9,11-14,18H,10H2,1-2H3/t13-,14-/m1/s1. The molecular formula is C16H20N6. The predicted octanol–water partition coefficient (Wildman–Crippen LogP) is 2.20. The van der Waals surface area contributed by atoms with Crippen molar-refractivity contribution in [3.05, 3.63) is 60.9 Å². The van der Waals surface area contributed by atoms with E-state index in [1.165, 1.54) is 11.9 Å². The lowest BCUT2D eigenvalue weighted by molar-refractivity contribution is 0.365. The second-order valence-corrected chi connectivity index (χ2v) is 5.40. The first kappa shape index (κ1) is 14.5. The summed E-state index contributed by atoms with van der Waals surface area (Å²) in [5.74, 6) is 0. The summed E-state index contributed by atoms with van der Waals surface area (Å²) in [5, 5.41) is 12.0. The zero-order chi connectivity index (χ0) is 15.4. The van der Waals surface area contributed by atoms with Crippen LogP contribution in [-0.2, 0) is 6.54 Å². The minimum atomic E-state index is 0.310.